The van der Waals surface area contributed by atoms with Crippen molar-refractivity contribution in [3.63, 3.8) is 0 Å². The maximum absolute atomic E-state index is 12.1. The van der Waals surface area contributed by atoms with Crippen LogP contribution in [0.1, 0.15) is 30.4 Å². The largest absolute Gasteiger partial charge is 0.326 e. The van der Waals surface area contributed by atoms with Crippen molar-refractivity contribution in [2.24, 2.45) is 0 Å². The van der Waals surface area contributed by atoms with Gasteiger partial charge in [0, 0.05) is 12.5 Å². The molecule has 1 amide bonds. The summed E-state index contributed by atoms with van der Waals surface area (Å²) in [5.41, 5.74) is 2.05. The number of rotatable bonds is 5. The van der Waals surface area contributed by atoms with E-state index in [0.717, 1.165) is 5.56 Å². The van der Waals surface area contributed by atoms with E-state index in [1.165, 1.54) is 6.07 Å². The molecule has 0 saturated carbocycles. The van der Waals surface area contributed by atoms with E-state index in [4.69, 9.17) is 0 Å². The summed E-state index contributed by atoms with van der Waals surface area (Å²) in [6.07, 6.45) is 0.326. The first kappa shape index (κ1) is 15.7. The third-order valence-corrected chi connectivity index (χ3v) is 3.64. The molecule has 0 aliphatic rings. The normalized spacial score (nSPS) is 11.7. The molecule has 0 saturated heterocycles. The average Bonchev–Trinajstić information content (AvgIpc) is 2.50. The minimum atomic E-state index is -0.447. The standard InChI is InChI=1S/C17H18N2O3/c1-12(14-7-4-3-5-8-14)11-17(20)18-15-9-6-10-16(13(15)2)19(21)22/h3-10,12H,11H2,1-2H3,(H,18,20). The minimum absolute atomic E-state index is 0.00825. The molecule has 0 bridgehead atoms. The lowest BCUT2D eigenvalue weighted by Crippen LogP contribution is -2.15. The van der Waals surface area contributed by atoms with E-state index in [0.29, 0.717) is 17.7 Å². The molecule has 0 spiro atoms. The van der Waals surface area contributed by atoms with Gasteiger partial charge in [-0.3, -0.25) is 14.9 Å². The van der Waals surface area contributed by atoms with Crippen LogP contribution in [-0.2, 0) is 4.79 Å². The predicted molar refractivity (Wildman–Crippen MR) is 85.9 cm³/mol. The highest BCUT2D eigenvalue weighted by molar-refractivity contribution is 5.92. The van der Waals surface area contributed by atoms with Crippen LogP contribution in [0.15, 0.2) is 48.5 Å². The number of anilines is 1. The average molecular weight is 298 g/mol. The molecular formula is C17H18N2O3. The highest BCUT2D eigenvalue weighted by Gasteiger charge is 2.16. The predicted octanol–water partition coefficient (Wildman–Crippen LogP) is 4.04. The first-order chi connectivity index (χ1) is 10.5. The molecule has 0 heterocycles. The van der Waals surface area contributed by atoms with E-state index < -0.39 is 4.92 Å². The maximum atomic E-state index is 12.1. The number of amides is 1. The summed E-state index contributed by atoms with van der Waals surface area (Å²) in [5, 5.41) is 13.7. The Morgan fingerprint density at radius 2 is 1.86 bits per heavy atom. The Hall–Kier alpha value is -2.69. The van der Waals surface area contributed by atoms with Crippen LogP contribution in [-0.4, -0.2) is 10.8 Å². The monoisotopic (exact) mass is 298 g/mol. The molecule has 2 aromatic carbocycles. The summed E-state index contributed by atoms with van der Waals surface area (Å²) < 4.78 is 0. The molecule has 1 unspecified atom stereocenters. The lowest BCUT2D eigenvalue weighted by Gasteiger charge is -2.13. The van der Waals surface area contributed by atoms with Gasteiger partial charge in [-0.15, -0.1) is 0 Å². The van der Waals surface area contributed by atoms with Crippen molar-refractivity contribution in [3.8, 4) is 0 Å². The Labute approximate surface area is 129 Å². The van der Waals surface area contributed by atoms with Crippen molar-refractivity contribution in [2.45, 2.75) is 26.2 Å². The molecule has 0 aromatic heterocycles. The molecule has 114 valence electrons. The summed E-state index contributed by atoms with van der Waals surface area (Å²) in [7, 11) is 0. The van der Waals surface area contributed by atoms with Crippen LogP contribution in [0.4, 0.5) is 11.4 Å². The van der Waals surface area contributed by atoms with Crippen molar-refractivity contribution < 1.29 is 9.72 Å². The third kappa shape index (κ3) is 3.69. The number of nitrogens with zero attached hydrogens (tertiary/aromatic N) is 1. The summed E-state index contributed by atoms with van der Waals surface area (Å²) in [6, 6.07) is 14.4. The number of nitro groups is 1. The smallest absolute Gasteiger partial charge is 0.274 e. The highest BCUT2D eigenvalue weighted by Crippen LogP contribution is 2.26. The molecule has 0 radical (unpaired) electrons. The highest BCUT2D eigenvalue weighted by atomic mass is 16.6. The van der Waals surface area contributed by atoms with Crippen LogP contribution in [0, 0.1) is 17.0 Å². The van der Waals surface area contributed by atoms with Gasteiger partial charge in [0.2, 0.25) is 5.91 Å². The van der Waals surface area contributed by atoms with Gasteiger partial charge in [-0.05, 0) is 24.5 Å². The Morgan fingerprint density at radius 1 is 1.18 bits per heavy atom. The number of hydrogen-bond donors (Lipinski definition) is 1. The van der Waals surface area contributed by atoms with Crippen LogP contribution < -0.4 is 5.32 Å². The fourth-order valence-corrected chi connectivity index (χ4v) is 2.34. The van der Waals surface area contributed by atoms with Gasteiger partial charge in [0.15, 0.2) is 0 Å². The van der Waals surface area contributed by atoms with E-state index in [1.54, 1.807) is 19.1 Å². The van der Waals surface area contributed by atoms with Gasteiger partial charge in [-0.2, -0.15) is 0 Å². The number of hydrogen-bond acceptors (Lipinski definition) is 3. The van der Waals surface area contributed by atoms with Crippen LogP contribution >= 0.6 is 0 Å². The number of nitrogens with one attached hydrogen (secondary N) is 1. The van der Waals surface area contributed by atoms with Gasteiger partial charge in [-0.25, -0.2) is 0 Å². The van der Waals surface area contributed by atoms with Gasteiger partial charge >= 0.3 is 0 Å². The number of carbonyl (C=O) groups excluding carboxylic acids is 1. The maximum Gasteiger partial charge on any atom is 0.274 e. The second-order valence-electron chi connectivity index (χ2n) is 5.27. The Kier molecular flexibility index (Phi) is 4.88. The second kappa shape index (κ2) is 6.85. The minimum Gasteiger partial charge on any atom is -0.326 e. The summed E-state index contributed by atoms with van der Waals surface area (Å²) in [6.45, 7) is 3.61. The molecule has 22 heavy (non-hydrogen) atoms. The topological polar surface area (TPSA) is 72.2 Å². The van der Waals surface area contributed by atoms with E-state index in [9.17, 15) is 14.9 Å². The fourth-order valence-electron chi connectivity index (χ4n) is 2.34. The van der Waals surface area contributed by atoms with E-state index >= 15 is 0 Å². The van der Waals surface area contributed by atoms with Crippen LogP contribution in [0.3, 0.4) is 0 Å². The lowest BCUT2D eigenvalue weighted by molar-refractivity contribution is -0.385. The zero-order chi connectivity index (χ0) is 16.1. The first-order valence-electron chi connectivity index (χ1n) is 7.08. The summed E-state index contributed by atoms with van der Waals surface area (Å²) in [5.74, 6) is -0.0693. The molecule has 1 atom stereocenters. The van der Waals surface area contributed by atoms with Crippen molar-refractivity contribution >= 4 is 17.3 Å². The molecule has 0 aliphatic carbocycles. The molecule has 2 aromatic rings. The molecular weight excluding hydrogens is 280 g/mol. The number of carbonyl (C=O) groups is 1. The molecule has 5 heteroatoms. The molecule has 1 N–H and O–H groups in total. The van der Waals surface area contributed by atoms with Gasteiger partial charge in [-0.1, -0.05) is 43.3 Å². The SMILES string of the molecule is Cc1c(NC(=O)CC(C)c2ccccc2)cccc1[N+](=O)[O-]. The molecule has 2 rings (SSSR count). The molecule has 0 aliphatic heterocycles. The zero-order valence-electron chi connectivity index (χ0n) is 12.6. The Bertz CT molecular complexity index is 684. The van der Waals surface area contributed by atoms with Gasteiger partial charge in [0.05, 0.1) is 16.2 Å². The Morgan fingerprint density at radius 3 is 2.50 bits per heavy atom. The van der Waals surface area contributed by atoms with Crippen molar-refractivity contribution in [1.29, 1.82) is 0 Å². The number of benzene rings is 2. The van der Waals surface area contributed by atoms with E-state index in [-0.39, 0.29) is 17.5 Å². The van der Waals surface area contributed by atoms with Crippen LogP contribution in [0.2, 0.25) is 0 Å². The molecule has 5 nitrogen and oxygen atoms in total. The fraction of sp³-hybridized carbons (Fsp3) is 0.235. The van der Waals surface area contributed by atoms with E-state index in [1.807, 2.05) is 37.3 Å². The van der Waals surface area contributed by atoms with Crippen molar-refractivity contribution in [1.82, 2.24) is 0 Å². The van der Waals surface area contributed by atoms with E-state index in [2.05, 4.69) is 5.32 Å². The van der Waals surface area contributed by atoms with Gasteiger partial charge in [0.25, 0.3) is 5.69 Å². The number of nitro benzene ring substituents is 1. The zero-order valence-corrected chi connectivity index (χ0v) is 12.6. The van der Waals surface area contributed by atoms with Crippen LogP contribution in [0.5, 0.6) is 0 Å². The summed E-state index contributed by atoms with van der Waals surface area (Å²) >= 11 is 0. The first-order valence-corrected chi connectivity index (χ1v) is 7.08. The quantitative estimate of drug-likeness (QED) is 0.669. The molecule has 0 fully saturated rings. The van der Waals surface area contributed by atoms with Gasteiger partial charge in [0.1, 0.15) is 0 Å². The van der Waals surface area contributed by atoms with Crippen molar-refractivity contribution in [2.75, 3.05) is 5.32 Å². The van der Waals surface area contributed by atoms with Crippen molar-refractivity contribution in [3.05, 3.63) is 69.8 Å². The Balaban J connectivity index is 2.07. The third-order valence-electron chi connectivity index (χ3n) is 3.64. The summed E-state index contributed by atoms with van der Waals surface area (Å²) in [4.78, 5) is 22.6. The van der Waals surface area contributed by atoms with Crippen LogP contribution in [0.25, 0.3) is 0 Å². The second-order valence-corrected chi connectivity index (χ2v) is 5.27. The lowest BCUT2D eigenvalue weighted by atomic mass is 9.97. The van der Waals surface area contributed by atoms with Gasteiger partial charge < -0.3 is 5.32 Å².